The van der Waals surface area contributed by atoms with Gasteiger partial charge in [0.15, 0.2) is 5.65 Å². The average Bonchev–Trinajstić information content (AvgIpc) is 2.75. The van der Waals surface area contributed by atoms with Gasteiger partial charge in [-0.2, -0.15) is 0 Å². The van der Waals surface area contributed by atoms with Crippen molar-refractivity contribution in [3.63, 3.8) is 0 Å². The molecule has 140 valence electrons. The van der Waals surface area contributed by atoms with Crippen LogP contribution in [-0.4, -0.2) is 14.8 Å². The van der Waals surface area contributed by atoms with Gasteiger partial charge in [0.2, 0.25) is 0 Å². The second-order valence-corrected chi connectivity index (χ2v) is 6.52. The molecule has 4 rings (SSSR count). The summed E-state index contributed by atoms with van der Waals surface area (Å²) >= 11 is 0. The third kappa shape index (κ3) is 3.22. The van der Waals surface area contributed by atoms with Gasteiger partial charge in [-0.15, -0.1) is 4.73 Å². The first-order valence-electron chi connectivity index (χ1n) is 9.18. The van der Waals surface area contributed by atoms with Crippen LogP contribution in [0, 0.1) is 0 Å². The lowest BCUT2D eigenvalue weighted by molar-refractivity contribution is 0.0980. The second-order valence-electron chi connectivity index (χ2n) is 6.52. The molecule has 5 heteroatoms. The highest BCUT2D eigenvalue weighted by molar-refractivity contribution is 5.90. The highest BCUT2D eigenvalue weighted by atomic mass is 16.7. The maximum absolute atomic E-state index is 13.2. The van der Waals surface area contributed by atoms with E-state index in [1.807, 2.05) is 61.5 Å². The zero-order valence-electron chi connectivity index (χ0n) is 15.5. The number of pyridine rings is 2. The van der Waals surface area contributed by atoms with Crippen LogP contribution in [0.1, 0.15) is 18.1 Å². The lowest BCUT2D eigenvalue weighted by atomic mass is 10.0. The van der Waals surface area contributed by atoms with Crippen LogP contribution in [0.25, 0.3) is 22.2 Å². The molecule has 2 heterocycles. The van der Waals surface area contributed by atoms with E-state index in [0.29, 0.717) is 16.6 Å². The molecular formula is C23H20N2O3. The van der Waals surface area contributed by atoms with E-state index in [9.17, 15) is 9.90 Å². The molecule has 0 radical (unpaired) electrons. The zero-order valence-corrected chi connectivity index (χ0v) is 15.5. The fourth-order valence-electron chi connectivity index (χ4n) is 3.16. The van der Waals surface area contributed by atoms with Gasteiger partial charge in [-0.1, -0.05) is 67.6 Å². The van der Waals surface area contributed by atoms with Gasteiger partial charge in [0.1, 0.15) is 12.4 Å². The molecule has 0 amide bonds. The van der Waals surface area contributed by atoms with Gasteiger partial charge in [-0.3, -0.25) is 4.79 Å². The summed E-state index contributed by atoms with van der Waals surface area (Å²) in [6.45, 7) is 2.23. The van der Waals surface area contributed by atoms with Crippen molar-refractivity contribution in [1.82, 2.24) is 9.71 Å². The molecule has 0 fully saturated rings. The Kier molecular flexibility index (Phi) is 4.81. The maximum Gasteiger partial charge on any atom is 0.296 e. The summed E-state index contributed by atoms with van der Waals surface area (Å²) in [5.74, 6) is -0.0754. The molecule has 4 aromatic rings. The first-order chi connectivity index (χ1) is 13.7. The molecule has 0 unspecified atom stereocenters. The van der Waals surface area contributed by atoms with Crippen LogP contribution in [0.3, 0.4) is 0 Å². The quantitative estimate of drug-likeness (QED) is 0.576. The third-order valence-corrected chi connectivity index (χ3v) is 4.68. The Bertz CT molecular complexity index is 1170. The SMILES string of the molecule is CCc1cnc2c(c1)c(O)c(-c1ccccc1)c(=O)n2OCc1ccccc1. The smallest absolute Gasteiger partial charge is 0.296 e. The average molecular weight is 372 g/mol. The number of hydrogen-bond donors (Lipinski definition) is 1. The largest absolute Gasteiger partial charge is 0.506 e. The Morgan fingerprint density at radius 3 is 2.36 bits per heavy atom. The minimum Gasteiger partial charge on any atom is -0.506 e. The minimum absolute atomic E-state index is 0.0754. The van der Waals surface area contributed by atoms with Crippen LogP contribution >= 0.6 is 0 Å². The summed E-state index contributed by atoms with van der Waals surface area (Å²) in [4.78, 5) is 23.5. The van der Waals surface area contributed by atoms with Gasteiger partial charge in [0.05, 0.1) is 10.9 Å². The standard InChI is InChI=1S/C23H20N2O3/c1-2-16-13-19-21(26)20(18-11-7-4-8-12-18)23(27)25(22(19)24-14-16)28-15-17-9-5-3-6-10-17/h3-14,26H,2,15H2,1H3. The number of benzene rings is 2. The summed E-state index contributed by atoms with van der Waals surface area (Å²) in [6.07, 6.45) is 2.47. The van der Waals surface area contributed by atoms with Crippen molar-refractivity contribution in [1.29, 1.82) is 0 Å². The molecular weight excluding hydrogens is 352 g/mol. The number of hydrogen-bond acceptors (Lipinski definition) is 4. The van der Waals surface area contributed by atoms with Crippen molar-refractivity contribution < 1.29 is 9.94 Å². The Hall–Kier alpha value is -3.60. The summed E-state index contributed by atoms with van der Waals surface area (Å²) in [5.41, 5.74) is 2.60. The molecule has 28 heavy (non-hydrogen) atoms. The summed E-state index contributed by atoms with van der Waals surface area (Å²) < 4.78 is 1.18. The molecule has 1 N–H and O–H groups in total. The van der Waals surface area contributed by atoms with Crippen molar-refractivity contribution >= 4 is 11.0 Å². The van der Waals surface area contributed by atoms with Crippen LogP contribution in [0.5, 0.6) is 5.75 Å². The predicted molar refractivity (Wildman–Crippen MR) is 109 cm³/mol. The van der Waals surface area contributed by atoms with Crippen LogP contribution in [0.15, 0.2) is 77.7 Å². The van der Waals surface area contributed by atoms with E-state index in [4.69, 9.17) is 4.84 Å². The van der Waals surface area contributed by atoms with Gasteiger partial charge in [0, 0.05) is 6.20 Å². The summed E-state index contributed by atoms with van der Waals surface area (Å²) in [7, 11) is 0. The van der Waals surface area contributed by atoms with Gasteiger partial charge < -0.3 is 9.94 Å². The van der Waals surface area contributed by atoms with E-state index in [1.54, 1.807) is 18.3 Å². The third-order valence-electron chi connectivity index (χ3n) is 4.68. The van der Waals surface area contributed by atoms with Crippen LogP contribution < -0.4 is 10.4 Å². The molecule has 0 aliphatic rings. The van der Waals surface area contributed by atoms with Crippen molar-refractivity contribution in [3.05, 3.63) is 94.4 Å². The number of nitrogens with zero attached hydrogens (tertiary/aromatic N) is 2. The lowest BCUT2D eigenvalue weighted by Gasteiger charge is -2.15. The van der Waals surface area contributed by atoms with Gasteiger partial charge >= 0.3 is 0 Å². The second kappa shape index (κ2) is 7.56. The Balaban J connectivity index is 1.93. The van der Waals surface area contributed by atoms with E-state index >= 15 is 0 Å². The Morgan fingerprint density at radius 1 is 1.00 bits per heavy atom. The minimum atomic E-state index is -0.441. The van der Waals surface area contributed by atoms with Crippen molar-refractivity contribution in [2.75, 3.05) is 0 Å². The van der Waals surface area contributed by atoms with Gasteiger partial charge in [-0.05, 0) is 29.2 Å². The van der Waals surface area contributed by atoms with E-state index in [-0.39, 0.29) is 17.9 Å². The molecule has 0 spiro atoms. The van der Waals surface area contributed by atoms with Crippen molar-refractivity contribution in [2.24, 2.45) is 0 Å². The number of rotatable bonds is 5. The molecule has 0 bridgehead atoms. The maximum atomic E-state index is 13.2. The first kappa shape index (κ1) is 17.8. The first-order valence-corrected chi connectivity index (χ1v) is 9.18. The number of aromatic nitrogens is 2. The van der Waals surface area contributed by atoms with Gasteiger partial charge in [-0.25, -0.2) is 4.98 Å². The zero-order chi connectivity index (χ0) is 19.5. The van der Waals surface area contributed by atoms with Gasteiger partial charge in [0.25, 0.3) is 5.56 Å². The van der Waals surface area contributed by atoms with Crippen molar-refractivity contribution in [2.45, 2.75) is 20.0 Å². The molecule has 5 nitrogen and oxygen atoms in total. The van der Waals surface area contributed by atoms with Crippen LogP contribution in [0.2, 0.25) is 0 Å². The molecule has 2 aromatic heterocycles. The van der Waals surface area contributed by atoms with E-state index < -0.39 is 5.56 Å². The number of aromatic hydroxyl groups is 1. The monoisotopic (exact) mass is 372 g/mol. The molecule has 0 saturated heterocycles. The fraction of sp³-hybridized carbons (Fsp3) is 0.130. The lowest BCUT2D eigenvalue weighted by Crippen LogP contribution is -2.29. The number of aryl methyl sites for hydroxylation is 1. The van der Waals surface area contributed by atoms with Crippen molar-refractivity contribution in [3.8, 4) is 16.9 Å². The fourth-order valence-corrected chi connectivity index (χ4v) is 3.16. The summed E-state index contributed by atoms with van der Waals surface area (Å²) in [5, 5.41) is 11.4. The summed E-state index contributed by atoms with van der Waals surface area (Å²) in [6, 6.07) is 20.6. The molecule has 2 aromatic carbocycles. The van der Waals surface area contributed by atoms with E-state index in [2.05, 4.69) is 4.98 Å². The topological polar surface area (TPSA) is 64.4 Å². The normalized spacial score (nSPS) is 10.9. The van der Waals surface area contributed by atoms with Crippen LogP contribution in [-0.2, 0) is 13.0 Å². The van der Waals surface area contributed by atoms with E-state index in [1.165, 1.54) is 4.73 Å². The number of fused-ring (bicyclic) bond motifs is 1. The molecule has 0 saturated carbocycles. The molecule has 0 aliphatic heterocycles. The van der Waals surface area contributed by atoms with Crippen LogP contribution in [0.4, 0.5) is 0 Å². The molecule has 0 atom stereocenters. The highest BCUT2D eigenvalue weighted by Crippen LogP contribution is 2.32. The van der Waals surface area contributed by atoms with E-state index in [0.717, 1.165) is 17.5 Å². The molecule has 0 aliphatic carbocycles. The Morgan fingerprint density at radius 2 is 1.68 bits per heavy atom. The predicted octanol–water partition coefficient (Wildman–Crippen LogP) is 3.96. The Labute approximate surface area is 162 Å². The highest BCUT2D eigenvalue weighted by Gasteiger charge is 2.20.